The van der Waals surface area contributed by atoms with Crippen molar-refractivity contribution in [2.24, 2.45) is 5.73 Å². The van der Waals surface area contributed by atoms with Gasteiger partial charge >= 0.3 is 0 Å². The quantitative estimate of drug-likeness (QED) is 0.727. The number of halogens is 1. The monoisotopic (exact) mass is 412 g/mol. The van der Waals surface area contributed by atoms with Crippen molar-refractivity contribution in [2.75, 3.05) is 17.3 Å². The summed E-state index contributed by atoms with van der Waals surface area (Å²) in [5.41, 5.74) is 8.53. The van der Waals surface area contributed by atoms with Crippen LogP contribution in [0.1, 0.15) is 17.5 Å². The Hall–Kier alpha value is -2.09. The highest BCUT2D eigenvalue weighted by atomic mass is 35.5. The molecule has 0 heterocycles. The smallest absolute Gasteiger partial charge is 0.241 e. The summed E-state index contributed by atoms with van der Waals surface area (Å²) in [6.45, 7) is 4.01. The van der Waals surface area contributed by atoms with E-state index in [1.807, 2.05) is 26.0 Å². The van der Waals surface area contributed by atoms with Crippen molar-refractivity contribution in [3.8, 4) is 11.5 Å². The summed E-state index contributed by atoms with van der Waals surface area (Å²) < 4.78 is 28.1. The molecule has 0 saturated heterocycles. The van der Waals surface area contributed by atoms with Gasteiger partial charge in [-0.05, 0) is 67.8 Å². The maximum Gasteiger partial charge on any atom is 0.241 e. The van der Waals surface area contributed by atoms with Crippen LogP contribution in [0.5, 0.6) is 11.5 Å². The lowest BCUT2D eigenvalue weighted by Crippen LogP contribution is -2.37. The summed E-state index contributed by atoms with van der Waals surface area (Å²) in [6, 6.07) is 12.0. The molecule has 3 N–H and O–H groups in total. The summed E-state index contributed by atoms with van der Waals surface area (Å²) in [7, 11) is -3.14. The van der Waals surface area contributed by atoms with Gasteiger partial charge in [0, 0.05) is 11.9 Å². The largest absolute Gasteiger partial charge is 0.457 e. The van der Waals surface area contributed by atoms with Gasteiger partial charge in [-0.1, -0.05) is 6.07 Å². The lowest BCUT2D eigenvalue weighted by molar-refractivity contribution is -0.117. The summed E-state index contributed by atoms with van der Waals surface area (Å²) >= 11 is 0. The molecular weight excluding hydrogens is 388 g/mol. The Bertz CT molecular complexity index is 863. The van der Waals surface area contributed by atoms with E-state index in [2.05, 4.69) is 11.4 Å². The van der Waals surface area contributed by atoms with Crippen molar-refractivity contribution >= 4 is 33.8 Å². The zero-order valence-electron chi connectivity index (χ0n) is 15.6. The van der Waals surface area contributed by atoms with Crippen LogP contribution in [0.4, 0.5) is 5.69 Å². The average Bonchev–Trinajstić information content (AvgIpc) is 2.52. The Morgan fingerprint density at radius 3 is 2.15 bits per heavy atom. The van der Waals surface area contributed by atoms with E-state index in [-0.39, 0.29) is 24.6 Å². The topological polar surface area (TPSA) is 98.5 Å². The molecule has 2 rings (SSSR count). The number of aryl methyl sites for hydroxylation is 2. The van der Waals surface area contributed by atoms with Gasteiger partial charge in [0.05, 0.1) is 11.8 Å². The molecule has 2 aromatic rings. The van der Waals surface area contributed by atoms with E-state index in [4.69, 9.17) is 10.5 Å². The van der Waals surface area contributed by atoms with Gasteiger partial charge in [-0.15, -0.1) is 12.4 Å². The average molecular weight is 413 g/mol. The fraction of sp³-hybridized carbons (Fsp3) is 0.316. The molecule has 0 fully saturated rings. The maximum atomic E-state index is 12.0. The minimum atomic E-state index is -3.14. The predicted octanol–water partition coefficient (Wildman–Crippen LogP) is 3.22. The Kier molecular flexibility index (Phi) is 8.27. The van der Waals surface area contributed by atoms with E-state index in [9.17, 15) is 13.2 Å². The minimum Gasteiger partial charge on any atom is -0.457 e. The summed E-state index contributed by atoms with van der Waals surface area (Å²) in [5, 5.41) is 2.67. The Morgan fingerprint density at radius 2 is 1.63 bits per heavy atom. The van der Waals surface area contributed by atoms with Crippen LogP contribution >= 0.6 is 12.4 Å². The van der Waals surface area contributed by atoms with Crippen LogP contribution in [-0.4, -0.2) is 32.4 Å². The van der Waals surface area contributed by atoms with Gasteiger partial charge < -0.3 is 15.8 Å². The van der Waals surface area contributed by atoms with Gasteiger partial charge in [-0.25, -0.2) is 8.42 Å². The van der Waals surface area contributed by atoms with Gasteiger partial charge in [0.15, 0.2) is 0 Å². The molecule has 0 radical (unpaired) electrons. The first-order chi connectivity index (χ1) is 12.1. The van der Waals surface area contributed by atoms with Crippen molar-refractivity contribution in [3.05, 3.63) is 53.6 Å². The second kappa shape index (κ2) is 9.73. The van der Waals surface area contributed by atoms with Gasteiger partial charge in [-0.2, -0.15) is 0 Å². The highest BCUT2D eigenvalue weighted by Crippen LogP contribution is 2.25. The van der Waals surface area contributed by atoms with Crippen LogP contribution in [0.2, 0.25) is 0 Å². The van der Waals surface area contributed by atoms with Crippen LogP contribution in [0.3, 0.4) is 0 Å². The van der Waals surface area contributed by atoms with E-state index in [1.165, 1.54) is 0 Å². The van der Waals surface area contributed by atoms with Gasteiger partial charge in [-0.3, -0.25) is 4.79 Å². The number of rotatable bonds is 7. The number of nitrogens with two attached hydrogens (primary N) is 1. The number of hydrogen-bond acceptors (Lipinski definition) is 5. The Labute approximate surface area is 166 Å². The number of sulfone groups is 1. The van der Waals surface area contributed by atoms with Crippen LogP contribution in [-0.2, 0) is 14.6 Å². The Morgan fingerprint density at radius 1 is 1.07 bits per heavy atom. The third kappa shape index (κ3) is 7.99. The summed E-state index contributed by atoms with van der Waals surface area (Å²) in [5.74, 6) is 0.859. The lowest BCUT2D eigenvalue weighted by atomic mass is 10.1. The molecule has 6 nitrogen and oxygen atoms in total. The molecule has 0 saturated carbocycles. The van der Waals surface area contributed by atoms with Crippen LogP contribution in [0, 0.1) is 13.8 Å². The third-order valence-corrected chi connectivity index (χ3v) is 4.67. The summed E-state index contributed by atoms with van der Waals surface area (Å²) in [6.07, 6.45) is 1.20. The first-order valence-corrected chi connectivity index (χ1v) is 10.3. The van der Waals surface area contributed by atoms with Gasteiger partial charge in [0.1, 0.15) is 21.3 Å². The van der Waals surface area contributed by atoms with E-state index in [1.54, 1.807) is 24.3 Å². The molecule has 0 aliphatic heterocycles. The van der Waals surface area contributed by atoms with Crippen molar-refractivity contribution in [3.63, 3.8) is 0 Å². The molecule has 0 aliphatic rings. The fourth-order valence-corrected chi connectivity index (χ4v) is 3.12. The number of hydrogen-bond donors (Lipinski definition) is 2. The molecule has 0 bridgehead atoms. The molecule has 0 aromatic heterocycles. The van der Waals surface area contributed by atoms with E-state index >= 15 is 0 Å². The number of benzene rings is 2. The predicted molar refractivity (Wildman–Crippen MR) is 111 cm³/mol. The zero-order valence-corrected chi connectivity index (χ0v) is 17.2. The fourth-order valence-electron chi connectivity index (χ4n) is 2.44. The second-order valence-corrected chi connectivity index (χ2v) is 8.72. The molecule has 2 aromatic carbocycles. The number of carbonyl (C=O) groups is 1. The molecule has 1 amide bonds. The van der Waals surface area contributed by atoms with E-state index in [0.29, 0.717) is 11.4 Å². The first kappa shape index (κ1) is 23.0. The molecule has 1 atom stereocenters. The number of nitrogens with one attached hydrogen (secondary N) is 1. The normalized spacial score (nSPS) is 12.0. The van der Waals surface area contributed by atoms with Crippen molar-refractivity contribution in [1.82, 2.24) is 0 Å². The van der Waals surface area contributed by atoms with Crippen molar-refractivity contribution in [2.45, 2.75) is 26.3 Å². The molecule has 8 heteroatoms. The number of amides is 1. The van der Waals surface area contributed by atoms with Crippen molar-refractivity contribution in [1.29, 1.82) is 0 Å². The van der Waals surface area contributed by atoms with Crippen molar-refractivity contribution < 1.29 is 17.9 Å². The standard InChI is InChI=1S/C19H24N2O4S.ClH/c1-13-10-14(2)12-17(11-13)25-16-6-4-15(5-7-16)21-19(22)18(20)8-9-26(3,23)24;/h4-7,10-12,18H,8-9,20H2,1-3H3,(H,21,22);1H. The number of anilines is 1. The molecule has 148 valence electrons. The third-order valence-electron chi connectivity index (χ3n) is 3.69. The van der Waals surface area contributed by atoms with Crippen LogP contribution < -0.4 is 15.8 Å². The number of ether oxygens (including phenoxy) is 1. The van der Waals surface area contributed by atoms with Crippen LogP contribution in [0.25, 0.3) is 0 Å². The summed E-state index contributed by atoms with van der Waals surface area (Å²) in [4.78, 5) is 12.0. The molecular formula is C19H25ClN2O4S. The molecule has 0 spiro atoms. The molecule has 0 aliphatic carbocycles. The van der Waals surface area contributed by atoms with Gasteiger partial charge in [0.25, 0.3) is 0 Å². The second-order valence-electron chi connectivity index (χ2n) is 6.46. The van der Waals surface area contributed by atoms with E-state index in [0.717, 1.165) is 23.1 Å². The minimum absolute atomic E-state index is 0. The number of carbonyl (C=O) groups excluding carboxylic acids is 1. The van der Waals surface area contributed by atoms with Crippen LogP contribution in [0.15, 0.2) is 42.5 Å². The zero-order chi connectivity index (χ0) is 19.3. The Balaban J connectivity index is 0.00000364. The van der Waals surface area contributed by atoms with E-state index < -0.39 is 21.8 Å². The molecule has 27 heavy (non-hydrogen) atoms. The van der Waals surface area contributed by atoms with Gasteiger partial charge in [0.2, 0.25) is 5.91 Å². The lowest BCUT2D eigenvalue weighted by Gasteiger charge is -2.12. The highest BCUT2D eigenvalue weighted by molar-refractivity contribution is 7.90. The first-order valence-electron chi connectivity index (χ1n) is 8.23. The molecule has 1 unspecified atom stereocenters. The highest BCUT2D eigenvalue weighted by Gasteiger charge is 2.16. The SMILES string of the molecule is Cc1cc(C)cc(Oc2ccc(NC(=O)C(N)CCS(C)(=O)=O)cc2)c1.Cl. The maximum absolute atomic E-state index is 12.0.